The van der Waals surface area contributed by atoms with Crippen molar-refractivity contribution in [3.8, 4) is 0 Å². The molecule has 0 radical (unpaired) electrons. The second kappa shape index (κ2) is 7.48. The first-order valence-electron chi connectivity index (χ1n) is 7.43. The first kappa shape index (κ1) is 15.9. The quantitative estimate of drug-likeness (QED) is 0.847. The van der Waals surface area contributed by atoms with Crippen LogP contribution in [0.4, 0.5) is 5.69 Å². The molecule has 0 amide bonds. The average molecular weight is 303 g/mol. The zero-order valence-corrected chi connectivity index (χ0v) is 13.5. The van der Waals surface area contributed by atoms with Crippen molar-refractivity contribution in [2.75, 3.05) is 18.0 Å². The third kappa shape index (κ3) is 4.48. The largest absolute Gasteiger partial charge is 0.372 e. The van der Waals surface area contributed by atoms with Crippen LogP contribution in [0.2, 0.25) is 5.02 Å². The van der Waals surface area contributed by atoms with Crippen LogP contribution in [0, 0.1) is 6.92 Å². The summed E-state index contributed by atoms with van der Waals surface area (Å²) in [5.74, 6) is 0. The predicted octanol–water partition coefficient (Wildman–Crippen LogP) is 4.56. The second-order valence-corrected chi connectivity index (χ2v) is 5.80. The van der Waals surface area contributed by atoms with Gasteiger partial charge in [0.1, 0.15) is 0 Å². The van der Waals surface area contributed by atoms with E-state index in [0.29, 0.717) is 0 Å². The summed E-state index contributed by atoms with van der Waals surface area (Å²) in [6.07, 6.45) is 0.920. The summed E-state index contributed by atoms with van der Waals surface area (Å²) in [5, 5.41) is 0.751. The Labute approximate surface area is 132 Å². The average Bonchev–Trinajstić information content (AvgIpc) is 2.48. The minimum Gasteiger partial charge on any atom is -0.372 e. The lowest BCUT2D eigenvalue weighted by atomic mass is 10.0. The van der Waals surface area contributed by atoms with Gasteiger partial charge in [0.25, 0.3) is 0 Å². The molecule has 1 unspecified atom stereocenters. The Hall–Kier alpha value is -1.51. The molecule has 2 nitrogen and oxygen atoms in total. The van der Waals surface area contributed by atoms with E-state index in [-0.39, 0.29) is 6.04 Å². The Balaban J connectivity index is 1.98. The van der Waals surface area contributed by atoms with Crippen LogP contribution in [0.3, 0.4) is 0 Å². The maximum absolute atomic E-state index is 6.29. The molecule has 0 aliphatic rings. The van der Waals surface area contributed by atoms with Crippen molar-refractivity contribution in [3.05, 3.63) is 64.7 Å². The Morgan fingerprint density at radius 3 is 2.48 bits per heavy atom. The Morgan fingerprint density at radius 2 is 1.86 bits per heavy atom. The maximum Gasteiger partial charge on any atom is 0.0406 e. The van der Waals surface area contributed by atoms with E-state index >= 15 is 0 Å². The molecule has 2 rings (SSSR count). The molecular weight excluding hydrogens is 280 g/mol. The van der Waals surface area contributed by atoms with Crippen LogP contribution in [0.5, 0.6) is 0 Å². The molecule has 0 fully saturated rings. The van der Waals surface area contributed by atoms with Gasteiger partial charge >= 0.3 is 0 Å². The van der Waals surface area contributed by atoms with Gasteiger partial charge in [0.15, 0.2) is 0 Å². The molecule has 0 spiro atoms. The molecule has 21 heavy (non-hydrogen) atoms. The molecule has 0 saturated carbocycles. The number of nitrogens with zero attached hydrogens (tertiary/aromatic N) is 1. The molecule has 2 aromatic carbocycles. The van der Waals surface area contributed by atoms with Gasteiger partial charge in [0, 0.05) is 29.8 Å². The van der Waals surface area contributed by atoms with E-state index in [2.05, 4.69) is 43.0 Å². The predicted molar refractivity (Wildman–Crippen MR) is 92.1 cm³/mol. The van der Waals surface area contributed by atoms with E-state index in [1.54, 1.807) is 0 Å². The fourth-order valence-corrected chi connectivity index (χ4v) is 2.59. The van der Waals surface area contributed by atoms with Gasteiger partial charge in [0.2, 0.25) is 0 Å². The van der Waals surface area contributed by atoms with Gasteiger partial charge in [-0.15, -0.1) is 0 Å². The molecular formula is C18H23ClN2. The zero-order valence-electron chi connectivity index (χ0n) is 12.7. The Morgan fingerprint density at radius 1 is 1.14 bits per heavy atom. The third-order valence-corrected chi connectivity index (χ3v) is 4.01. The maximum atomic E-state index is 6.29. The van der Waals surface area contributed by atoms with Gasteiger partial charge < -0.3 is 10.6 Å². The number of nitrogens with two attached hydrogens (primary N) is 1. The van der Waals surface area contributed by atoms with Gasteiger partial charge in [-0.1, -0.05) is 35.9 Å². The summed E-state index contributed by atoms with van der Waals surface area (Å²) in [4.78, 5) is 2.36. The fourth-order valence-electron chi connectivity index (χ4n) is 2.47. The first-order valence-corrected chi connectivity index (χ1v) is 7.80. The summed E-state index contributed by atoms with van der Waals surface area (Å²) in [6, 6.07) is 16.5. The Kier molecular flexibility index (Phi) is 5.66. The number of hydrogen-bond donors (Lipinski definition) is 1. The first-order chi connectivity index (χ1) is 10.1. The van der Waals surface area contributed by atoms with E-state index in [9.17, 15) is 0 Å². The van der Waals surface area contributed by atoms with Gasteiger partial charge in [-0.3, -0.25) is 0 Å². The van der Waals surface area contributed by atoms with Gasteiger partial charge in [-0.05, 0) is 55.7 Å². The summed E-state index contributed by atoms with van der Waals surface area (Å²) in [5.41, 5.74) is 9.97. The molecule has 0 aliphatic carbocycles. The molecule has 2 N–H and O–H groups in total. The minimum atomic E-state index is 0.0427. The van der Waals surface area contributed by atoms with Crippen LogP contribution >= 0.6 is 11.6 Å². The van der Waals surface area contributed by atoms with Crippen LogP contribution in [-0.4, -0.2) is 13.1 Å². The van der Waals surface area contributed by atoms with Crippen molar-refractivity contribution in [1.82, 2.24) is 0 Å². The summed E-state index contributed by atoms with van der Waals surface area (Å²) in [7, 11) is 0. The van der Waals surface area contributed by atoms with E-state index in [0.717, 1.165) is 30.1 Å². The molecule has 3 heteroatoms. The smallest absolute Gasteiger partial charge is 0.0406 e. The van der Waals surface area contributed by atoms with Gasteiger partial charge in [-0.25, -0.2) is 0 Å². The lowest BCUT2D eigenvalue weighted by Gasteiger charge is -2.25. The highest BCUT2D eigenvalue weighted by Gasteiger charge is 2.10. The van der Waals surface area contributed by atoms with E-state index < -0.39 is 0 Å². The molecule has 0 saturated heterocycles. The van der Waals surface area contributed by atoms with Crippen molar-refractivity contribution < 1.29 is 0 Å². The molecule has 0 bridgehead atoms. The van der Waals surface area contributed by atoms with Crippen LogP contribution < -0.4 is 10.6 Å². The lowest BCUT2D eigenvalue weighted by Crippen LogP contribution is -2.27. The highest BCUT2D eigenvalue weighted by molar-refractivity contribution is 6.30. The van der Waals surface area contributed by atoms with Crippen LogP contribution in [0.25, 0.3) is 0 Å². The van der Waals surface area contributed by atoms with E-state index in [1.807, 2.05) is 24.3 Å². The number of aryl methyl sites for hydroxylation is 1. The highest BCUT2D eigenvalue weighted by atomic mass is 35.5. The molecule has 1 atom stereocenters. The van der Waals surface area contributed by atoms with Crippen molar-refractivity contribution in [2.24, 2.45) is 5.73 Å². The van der Waals surface area contributed by atoms with E-state index in [1.165, 1.54) is 11.3 Å². The molecule has 0 aromatic heterocycles. The third-order valence-electron chi connectivity index (χ3n) is 3.76. The van der Waals surface area contributed by atoms with Crippen molar-refractivity contribution in [3.63, 3.8) is 0 Å². The summed E-state index contributed by atoms with van der Waals surface area (Å²) in [6.45, 7) is 6.23. The van der Waals surface area contributed by atoms with Crippen LogP contribution in [-0.2, 0) is 0 Å². The monoisotopic (exact) mass is 302 g/mol. The number of halogens is 1. The minimum absolute atomic E-state index is 0.0427. The molecule has 0 heterocycles. The normalized spacial score (nSPS) is 12.2. The van der Waals surface area contributed by atoms with Gasteiger partial charge in [-0.2, -0.15) is 0 Å². The summed E-state index contributed by atoms with van der Waals surface area (Å²) >= 11 is 5.91. The number of hydrogen-bond acceptors (Lipinski definition) is 2. The molecule has 2 aromatic rings. The summed E-state index contributed by atoms with van der Waals surface area (Å²) < 4.78 is 0. The standard InChI is InChI=1S/C18H23ClN2/c1-3-21(17-6-4-5-14(2)13-17)12-11-18(20)15-7-9-16(19)10-8-15/h4-10,13,18H,3,11-12,20H2,1-2H3. The number of rotatable bonds is 6. The second-order valence-electron chi connectivity index (χ2n) is 5.37. The van der Waals surface area contributed by atoms with E-state index in [4.69, 9.17) is 17.3 Å². The van der Waals surface area contributed by atoms with Crippen LogP contribution in [0.1, 0.15) is 30.5 Å². The molecule has 0 aliphatic heterocycles. The molecule has 112 valence electrons. The number of benzene rings is 2. The lowest BCUT2D eigenvalue weighted by molar-refractivity contribution is 0.632. The Bertz CT molecular complexity index is 566. The number of anilines is 1. The van der Waals surface area contributed by atoms with Crippen LogP contribution in [0.15, 0.2) is 48.5 Å². The fraction of sp³-hybridized carbons (Fsp3) is 0.333. The van der Waals surface area contributed by atoms with Gasteiger partial charge in [0.05, 0.1) is 0 Å². The highest BCUT2D eigenvalue weighted by Crippen LogP contribution is 2.20. The zero-order chi connectivity index (χ0) is 15.2. The van der Waals surface area contributed by atoms with Crippen molar-refractivity contribution in [2.45, 2.75) is 26.3 Å². The van der Waals surface area contributed by atoms with Crippen molar-refractivity contribution >= 4 is 17.3 Å². The SMILES string of the molecule is CCN(CCC(N)c1ccc(Cl)cc1)c1cccc(C)c1. The topological polar surface area (TPSA) is 29.3 Å². The van der Waals surface area contributed by atoms with Crippen molar-refractivity contribution in [1.29, 1.82) is 0 Å².